The van der Waals surface area contributed by atoms with Gasteiger partial charge < -0.3 is 13.9 Å². The molecule has 0 heterocycles. The molecule has 228 valence electrons. The van der Waals surface area contributed by atoms with Crippen LogP contribution < -0.4 is 0 Å². The monoisotopic (exact) mass is 570 g/mol. The first-order valence-electron chi connectivity index (χ1n) is 16.1. The fourth-order valence-corrected chi connectivity index (χ4v) is 8.66. The molecule has 0 N–H and O–H groups in total. The standard InChI is InChI=1S/C36H62O3Si/c1-26-16-20-31(39-40(11,12)34(4,5)6)24-30(26)19-18-29-14-13-23-36(9)32(21-22-33(29)36)27(2)15-17-28(3)35(7,8)38-25-37-10/h15,17-19,27-28,31-33H,1,13-14,16,20-25H2,2-12H3/b17-15+,29-18+,30-19-/t27-,28+,31+,32-,33+,36+/m1/s1. The summed E-state index contributed by atoms with van der Waals surface area (Å²) in [5.41, 5.74) is 4.57. The van der Waals surface area contributed by atoms with E-state index in [1.807, 2.05) is 0 Å². The second kappa shape index (κ2) is 13.1. The van der Waals surface area contributed by atoms with Gasteiger partial charge in [0.1, 0.15) is 6.79 Å². The highest BCUT2D eigenvalue weighted by Gasteiger charge is 2.50. The van der Waals surface area contributed by atoms with Crippen molar-refractivity contribution >= 4 is 8.32 Å². The zero-order valence-electron chi connectivity index (χ0n) is 28.0. The first kappa shape index (κ1) is 33.6. The van der Waals surface area contributed by atoms with Gasteiger partial charge in [0.2, 0.25) is 0 Å². The summed E-state index contributed by atoms with van der Waals surface area (Å²) in [6.07, 6.45) is 19.9. The maximum atomic E-state index is 6.84. The van der Waals surface area contributed by atoms with Crippen molar-refractivity contribution in [3.63, 3.8) is 0 Å². The van der Waals surface area contributed by atoms with E-state index >= 15 is 0 Å². The molecule has 3 fully saturated rings. The van der Waals surface area contributed by atoms with Crippen LogP contribution in [0, 0.1) is 29.1 Å². The smallest absolute Gasteiger partial charge is 0.192 e. The summed E-state index contributed by atoms with van der Waals surface area (Å²) in [7, 11) is -0.0801. The molecule has 0 spiro atoms. The average molecular weight is 571 g/mol. The lowest BCUT2D eigenvalue weighted by Gasteiger charge is -2.44. The van der Waals surface area contributed by atoms with Crippen LogP contribution in [0.25, 0.3) is 0 Å². The van der Waals surface area contributed by atoms with Gasteiger partial charge in [0.05, 0.1) is 5.60 Å². The Morgan fingerprint density at radius 2 is 1.73 bits per heavy atom. The molecular weight excluding hydrogens is 508 g/mol. The predicted octanol–water partition coefficient (Wildman–Crippen LogP) is 10.4. The number of fused-ring (bicyclic) bond motifs is 1. The molecule has 0 aromatic heterocycles. The van der Waals surface area contributed by atoms with Crippen molar-refractivity contribution in [3.8, 4) is 0 Å². The maximum absolute atomic E-state index is 6.84. The van der Waals surface area contributed by atoms with E-state index in [1.165, 1.54) is 43.3 Å². The quantitative estimate of drug-likeness (QED) is 0.148. The van der Waals surface area contributed by atoms with Gasteiger partial charge in [-0.2, -0.15) is 0 Å². The van der Waals surface area contributed by atoms with Crippen molar-refractivity contribution in [2.24, 2.45) is 29.1 Å². The van der Waals surface area contributed by atoms with Crippen molar-refractivity contribution in [3.05, 3.63) is 47.6 Å². The van der Waals surface area contributed by atoms with Crippen LogP contribution in [0.1, 0.15) is 107 Å². The molecule has 0 amide bonds. The van der Waals surface area contributed by atoms with E-state index in [9.17, 15) is 0 Å². The van der Waals surface area contributed by atoms with E-state index in [1.54, 1.807) is 12.7 Å². The lowest BCUT2D eigenvalue weighted by atomic mass is 9.61. The van der Waals surface area contributed by atoms with E-state index in [-0.39, 0.29) is 10.6 Å². The van der Waals surface area contributed by atoms with Gasteiger partial charge in [-0.25, -0.2) is 0 Å². The Balaban J connectivity index is 1.71. The van der Waals surface area contributed by atoms with E-state index in [0.717, 1.165) is 25.2 Å². The maximum Gasteiger partial charge on any atom is 0.192 e. The van der Waals surface area contributed by atoms with Gasteiger partial charge in [-0.05, 0) is 112 Å². The van der Waals surface area contributed by atoms with Crippen LogP contribution in [0.2, 0.25) is 18.1 Å². The van der Waals surface area contributed by atoms with Gasteiger partial charge in [0.25, 0.3) is 0 Å². The zero-order chi connectivity index (χ0) is 29.9. The Morgan fingerprint density at radius 3 is 2.38 bits per heavy atom. The fourth-order valence-electron chi connectivity index (χ4n) is 7.27. The number of ether oxygens (including phenoxy) is 2. The van der Waals surface area contributed by atoms with Crippen LogP contribution in [-0.4, -0.2) is 33.9 Å². The van der Waals surface area contributed by atoms with Crippen LogP contribution in [0.15, 0.2) is 47.6 Å². The van der Waals surface area contributed by atoms with Gasteiger partial charge >= 0.3 is 0 Å². The number of allylic oxidation sites excluding steroid dienone is 5. The third kappa shape index (κ3) is 7.71. The molecule has 0 aromatic rings. The molecule has 3 aliphatic carbocycles. The SMILES string of the molecule is C=C1CC[C@H](O[Si](C)(C)C(C)(C)C)C/C1=C/C=C1\CCC[C@@]2(C)[C@@H]([C@H](C)/C=C/[C@H](C)C(C)(C)OCOC)CC[C@@H]12. The molecule has 3 aliphatic rings. The number of rotatable bonds is 10. The number of hydrogen-bond donors (Lipinski definition) is 0. The van der Waals surface area contributed by atoms with Crippen LogP contribution in [0.5, 0.6) is 0 Å². The Hall–Kier alpha value is -0.943. The second-order valence-electron chi connectivity index (χ2n) is 15.6. The molecule has 3 nitrogen and oxygen atoms in total. The molecule has 0 aromatic carbocycles. The molecule has 6 atom stereocenters. The number of methoxy groups -OCH3 is 1. The third-order valence-electron chi connectivity index (χ3n) is 11.5. The van der Waals surface area contributed by atoms with Gasteiger partial charge in [0, 0.05) is 19.1 Å². The lowest BCUT2D eigenvalue weighted by molar-refractivity contribution is -0.128. The van der Waals surface area contributed by atoms with Crippen molar-refractivity contribution in [2.75, 3.05) is 13.9 Å². The summed E-state index contributed by atoms with van der Waals surface area (Å²) < 4.78 is 17.9. The van der Waals surface area contributed by atoms with Crippen molar-refractivity contribution in [1.82, 2.24) is 0 Å². The third-order valence-corrected chi connectivity index (χ3v) is 16.0. The Kier molecular flexibility index (Phi) is 11.0. The Labute approximate surface area is 249 Å². The lowest BCUT2D eigenvalue weighted by Crippen LogP contribution is -2.44. The minimum atomic E-state index is -1.77. The van der Waals surface area contributed by atoms with E-state index < -0.39 is 8.32 Å². The highest BCUT2D eigenvalue weighted by molar-refractivity contribution is 6.74. The minimum absolute atomic E-state index is 0.236. The minimum Gasteiger partial charge on any atom is -0.414 e. The normalized spacial score (nSPS) is 32.2. The highest BCUT2D eigenvalue weighted by atomic mass is 28.4. The van der Waals surface area contributed by atoms with Gasteiger partial charge in [-0.3, -0.25) is 0 Å². The molecule has 0 radical (unpaired) electrons. The summed E-state index contributed by atoms with van der Waals surface area (Å²) in [4.78, 5) is 0. The molecule has 0 unspecified atom stereocenters. The molecule has 3 saturated carbocycles. The largest absolute Gasteiger partial charge is 0.414 e. The first-order chi connectivity index (χ1) is 18.5. The fraction of sp³-hybridized carbons (Fsp3) is 0.778. The van der Waals surface area contributed by atoms with Crippen molar-refractivity contribution in [1.29, 1.82) is 0 Å². The average Bonchev–Trinajstić information content (AvgIpc) is 3.22. The predicted molar refractivity (Wildman–Crippen MR) is 174 cm³/mol. The molecule has 0 aliphatic heterocycles. The molecule has 0 bridgehead atoms. The second-order valence-corrected chi connectivity index (χ2v) is 20.3. The van der Waals surface area contributed by atoms with Crippen LogP contribution >= 0.6 is 0 Å². The first-order valence-corrected chi connectivity index (χ1v) is 19.0. The van der Waals surface area contributed by atoms with Gasteiger partial charge in [0.15, 0.2) is 8.32 Å². The van der Waals surface area contributed by atoms with Crippen LogP contribution in [-0.2, 0) is 13.9 Å². The van der Waals surface area contributed by atoms with E-state index in [0.29, 0.717) is 36.1 Å². The summed E-state index contributed by atoms with van der Waals surface area (Å²) in [5.74, 6) is 2.33. The van der Waals surface area contributed by atoms with Crippen LogP contribution in [0.3, 0.4) is 0 Å². The van der Waals surface area contributed by atoms with Gasteiger partial charge in [-0.1, -0.05) is 83.6 Å². The van der Waals surface area contributed by atoms with E-state index in [2.05, 4.69) is 99.4 Å². The van der Waals surface area contributed by atoms with Crippen LogP contribution in [0.4, 0.5) is 0 Å². The van der Waals surface area contributed by atoms with E-state index in [4.69, 9.17) is 13.9 Å². The molecule has 40 heavy (non-hydrogen) atoms. The van der Waals surface area contributed by atoms with Crippen molar-refractivity contribution < 1.29 is 13.9 Å². The number of hydrogen-bond acceptors (Lipinski definition) is 3. The Bertz CT molecular complexity index is 965. The summed E-state index contributed by atoms with van der Waals surface area (Å²) in [6, 6.07) is 0. The summed E-state index contributed by atoms with van der Waals surface area (Å²) in [6.45, 7) is 28.2. The highest BCUT2D eigenvalue weighted by Crippen LogP contribution is 2.59. The molecule has 4 heteroatoms. The zero-order valence-corrected chi connectivity index (χ0v) is 29.0. The molecule has 3 rings (SSSR count). The summed E-state index contributed by atoms with van der Waals surface area (Å²) >= 11 is 0. The Morgan fingerprint density at radius 1 is 1.02 bits per heavy atom. The molecular formula is C36H62O3Si. The summed E-state index contributed by atoms with van der Waals surface area (Å²) in [5, 5.41) is 0.247. The van der Waals surface area contributed by atoms with Crippen molar-refractivity contribution in [2.45, 2.75) is 137 Å². The molecule has 0 saturated heterocycles. The van der Waals surface area contributed by atoms with Gasteiger partial charge in [-0.15, -0.1) is 0 Å². The topological polar surface area (TPSA) is 27.7 Å².